The SMILES string of the molecule is CC(C)(CO)CCOC(=O)C(C)(C)C. The topological polar surface area (TPSA) is 46.5 Å². The van der Waals surface area contributed by atoms with E-state index < -0.39 is 5.41 Å². The zero-order chi connectivity index (χ0) is 11.4. The lowest BCUT2D eigenvalue weighted by molar-refractivity contribution is -0.153. The van der Waals surface area contributed by atoms with Gasteiger partial charge < -0.3 is 9.84 Å². The van der Waals surface area contributed by atoms with Gasteiger partial charge in [-0.15, -0.1) is 0 Å². The lowest BCUT2D eigenvalue weighted by atomic mass is 9.91. The van der Waals surface area contributed by atoms with E-state index in [-0.39, 0.29) is 18.0 Å². The van der Waals surface area contributed by atoms with Crippen LogP contribution in [-0.2, 0) is 9.53 Å². The van der Waals surface area contributed by atoms with Crippen LogP contribution >= 0.6 is 0 Å². The van der Waals surface area contributed by atoms with Crippen LogP contribution in [-0.4, -0.2) is 24.3 Å². The molecule has 0 aromatic rings. The van der Waals surface area contributed by atoms with E-state index in [2.05, 4.69) is 0 Å². The molecule has 0 unspecified atom stereocenters. The molecule has 0 aromatic carbocycles. The maximum absolute atomic E-state index is 11.4. The van der Waals surface area contributed by atoms with E-state index in [9.17, 15) is 4.79 Å². The number of ether oxygens (including phenoxy) is 1. The lowest BCUT2D eigenvalue weighted by Gasteiger charge is -2.22. The highest BCUT2D eigenvalue weighted by Gasteiger charge is 2.24. The minimum atomic E-state index is -0.441. The Kier molecular flexibility index (Phi) is 4.59. The molecule has 0 aromatic heterocycles. The summed E-state index contributed by atoms with van der Waals surface area (Å²) in [6.45, 7) is 9.85. The number of hydrogen-bond donors (Lipinski definition) is 1. The molecular weight excluding hydrogens is 180 g/mol. The fourth-order valence-corrected chi connectivity index (χ4v) is 0.716. The molecule has 0 saturated carbocycles. The summed E-state index contributed by atoms with van der Waals surface area (Å²) in [7, 11) is 0. The molecule has 3 nitrogen and oxygen atoms in total. The molecule has 1 N–H and O–H groups in total. The van der Waals surface area contributed by atoms with E-state index in [0.717, 1.165) is 0 Å². The van der Waals surface area contributed by atoms with Crippen molar-refractivity contribution in [2.45, 2.75) is 41.0 Å². The van der Waals surface area contributed by atoms with Gasteiger partial charge in [0.1, 0.15) is 0 Å². The predicted octanol–water partition coefficient (Wildman–Crippen LogP) is 1.98. The summed E-state index contributed by atoms with van der Waals surface area (Å²) in [6.07, 6.45) is 0.686. The molecule has 0 aliphatic carbocycles. The standard InChI is InChI=1S/C11H22O3/c1-10(2,3)9(13)14-7-6-11(4,5)8-12/h12H,6-8H2,1-5H3. The average molecular weight is 202 g/mol. The zero-order valence-corrected chi connectivity index (χ0v) is 9.89. The monoisotopic (exact) mass is 202 g/mol. The fraction of sp³-hybridized carbons (Fsp3) is 0.909. The predicted molar refractivity (Wildman–Crippen MR) is 55.9 cm³/mol. The van der Waals surface area contributed by atoms with Crippen LogP contribution in [0, 0.1) is 10.8 Å². The van der Waals surface area contributed by atoms with Crippen LogP contribution in [0.1, 0.15) is 41.0 Å². The Bertz CT molecular complexity index is 189. The van der Waals surface area contributed by atoms with Crippen molar-refractivity contribution in [3.05, 3.63) is 0 Å². The largest absolute Gasteiger partial charge is 0.465 e. The molecule has 0 saturated heterocycles. The smallest absolute Gasteiger partial charge is 0.311 e. The van der Waals surface area contributed by atoms with Gasteiger partial charge in [0.15, 0.2) is 0 Å². The molecule has 0 aliphatic heterocycles. The normalized spacial score (nSPS) is 12.7. The minimum Gasteiger partial charge on any atom is -0.465 e. The first-order valence-corrected chi connectivity index (χ1v) is 4.97. The zero-order valence-electron chi connectivity index (χ0n) is 9.89. The first-order valence-electron chi connectivity index (χ1n) is 4.97. The molecule has 0 bridgehead atoms. The number of carbonyl (C=O) groups excluding carboxylic acids is 1. The quantitative estimate of drug-likeness (QED) is 0.709. The van der Waals surface area contributed by atoms with Gasteiger partial charge in [0.25, 0.3) is 0 Å². The third kappa shape index (κ3) is 5.22. The Hall–Kier alpha value is -0.570. The van der Waals surface area contributed by atoms with Crippen LogP contribution < -0.4 is 0 Å². The van der Waals surface area contributed by atoms with Crippen LogP contribution in [0.15, 0.2) is 0 Å². The Balaban J connectivity index is 3.82. The van der Waals surface area contributed by atoms with E-state index in [1.165, 1.54) is 0 Å². The first kappa shape index (κ1) is 13.4. The van der Waals surface area contributed by atoms with Crippen LogP contribution in [0.3, 0.4) is 0 Å². The number of esters is 1. The maximum Gasteiger partial charge on any atom is 0.311 e. The van der Waals surface area contributed by atoms with Crippen molar-refractivity contribution < 1.29 is 14.6 Å². The molecule has 0 heterocycles. The van der Waals surface area contributed by atoms with Crippen molar-refractivity contribution in [3.63, 3.8) is 0 Å². The molecule has 0 fully saturated rings. The van der Waals surface area contributed by atoms with Gasteiger partial charge in [0, 0.05) is 6.61 Å². The van der Waals surface area contributed by atoms with E-state index >= 15 is 0 Å². The van der Waals surface area contributed by atoms with Crippen molar-refractivity contribution in [3.8, 4) is 0 Å². The van der Waals surface area contributed by atoms with Gasteiger partial charge in [-0.3, -0.25) is 4.79 Å². The summed E-state index contributed by atoms with van der Waals surface area (Å²) in [5, 5.41) is 8.98. The summed E-state index contributed by atoms with van der Waals surface area (Å²) in [5.74, 6) is -0.189. The molecule has 0 spiro atoms. The third-order valence-corrected chi connectivity index (χ3v) is 2.05. The summed E-state index contributed by atoms with van der Waals surface area (Å²) < 4.78 is 5.09. The Morgan fingerprint density at radius 2 is 1.71 bits per heavy atom. The maximum atomic E-state index is 11.4. The van der Waals surface area contributed by atoms with Gasteiger partial charge in [0.2, 0.25) is 0 Å². The van der Waals surface area contributed by atoms with Crippen molar-refractivity contribution in [2.24, 2.45) is 10.8 Å². The van der Waals surface area contributed by atoms with E-state index in [0.29, 0.717) is 13.0 Å². The van der Waals surface area contributed by atoms with Gasteiger partial charge in [-0.05, 0) is 32.6 Å². The number of aliphatic hydroxyl groups is 1. The second-order valence-corrected chi connectivity index (χ2v) is 5.46. The highest BCUT2D eigenvalue weighted by atomic mass is 16.5. The van der Waals surface area contributed by atoms with E-state index in [4.69, 9.17) is 9.84 Å². The van der Waals surface area contributed by atoms with Crippen LogP contribution in [0.25, 0.3) is 0 Å². The van der Waals surface area contributed by atoms with E-state index in [1.54, 1.807) is 0 Å². The molecule has 3 heteroatoms. The highest BCUT2D eigenvalue weighted by Crippen LogP contribution is 2.20. The number of carbonyl (C=O) groups is 1. The number of rotatable bonds is 4. The van der Waals surface area contributed by atoms with Crippen molar-refractivity contribution >= 4 is 5.97 Å². The van der Waals surface area contributed by atoms with Gasteiger partial charge in [-0.2, -0.15) is 0 Å². The minimum absolute atomic E-state index is 0.111. The summed E-state index contributed by atoms with van der Waals surface area (Å²) in [5.41, 5.74) is -0.610. The number of hydrogen-bond acceptors (Lipinski definition) is 3. The summed E-state index contributed by atoms with van der Waals surface area (Å²) in [6, 6.07) is 0. The second kappa shape index (κ2) is 4.78. The van der Waals surface area contributed by atoms with Gasteiger partial charge in [-0.1, -0.05) is 13.8 Å². The highest BCUT2D eigenvalue weighted by molar-refractivity contribution is 5.75. The fourth-order valence-electron chi connectivity index (χ4n) is 0.716. The molecule has 0 atom stereocenters. The molecule has 0 radical (unpaired) electrons. The summed E-state index contributed by atoms with van der Waals surface area (Å²) in [4.78, 5) is 11.4. The molecule has 0 rings (SSSR count). The molecule has 84 valence electrons. The van der Waals surface area contributed by atoms with Crippen LogP contribution in [0.5, 0.6) is 0 Å². The summed E-state index contributed by atoms with van der Waals surface area (Å²) >= 11 is 0. The lowest BCUT2D eigenvalue weighted by Crippen LogP contribution is -2.26. The Labute approximate surface area is 86.5 Å². The molecular formula is C11H22O3. The Morgan fingerprint density at radius 3 is 2.07 bits per heavy atom. The number of aliphatic hydroxyl groups excluding tert-OH is 1. The van der Waals surface area contributed by atoms with Crippen molar-refractivity contribution in [2.75, 3.05) is 13.2 Å². The average Bonchev–Trinajstić information content (AvgIpc) is 2.02. The van der Waals surface area contributed by atoms with Crippen molar-refractivity contribution in [1.29, 1.82) is 0 Å². The van der Waals surface area contributed by atoms with Gasteiger partial charge >= 0.3 is 5.97 Å². The van der Waals surface area contributed by atoms with Crippen LogP contribution in [0.4, 0.5) is 0 Å². The second-order valence-electron chi connectivity index (χ2n) is 5.46. The molecule has 14 heavy (non-hydrogen) atoms. The van der Waals surface area contributed by atoms with Crippen molar-refractivity contribution in [1.82, 2.24) is 0 Å². The van der Waals surface area contributed by atoms with Crippen LogP contribution in [0.2, 0.25) is 0 Å². The molecule has 0 amide bonds. The van der Waals surface area contributed by atoms with Gasteiger partial charge in [0.05, 0.1) is 12.0 Å². The Morgan fingerprint density at radius 1 is 1.21 bits per heavy atom. The van der Waals surface area contributed by atoms with Gasteiger partial charge in [-0.25, -0.2) is 0 Å². The molecule has 0 aliphatic rings. The third-order valence-electron chi connectivity index (χ3n) is 2.05. The van der Waals surface area contributed by atoms with E-state index in [1.807, 2.05) is 34.6 Å². The first-order chi connectivity index (χ1) is 6.19.